The van der Waals surface area contributed by atoms with Crippen LogP contribution in [0.2, 0.25) is 5.02 Å². The van der Waals surface area contributed by atoms with Crippen molar-refractivity contribution in [1.82, 2.24) is 0 Å². The van der Waals surface area contributed by atoms with E-state index in [0.717, 1.165) is 12.0 Å². The normalized spacial score (nSPS) is 10.1. The quantitative estimate of drug-likeness (QED) is 0.650. The van der Waals surface area contributed by atoms with Gasteiger partial charge in [0.25, 0.3) is 0 Å². The van der Waals surface area contributed by atoms with E-state index in [2.05, 4.69) is 0 Å². The Morgan fingerprint density at radius 3 is 2.73 bits per heavy atom. The van der Waals surface area contributed by atoms with Crippen LogP contribution in [0.25, 0.3) is 0 Å². The molecule has 0 heterocycles. The van der Waals surface area contributed by atoms with Gasteiger partial charge in [-0.3, -0.25) is 0 Å². The summed E-state index contributed by atoms with van der Waals surface area (Å²) < 4.78 is 12.9. The van der Waals surface area contributed by atoms with E-state index in [4.69, 9.17) is 17.3 Å². The molecule has 1 aromatic carbocycles. The Morgan fingerprint density at radius 2 is 2.18 bits per heavy atom. The Hall–Kier alpha value is -0.760. The molecular weight excluding hydrogens is 165 g/mol. The van der Waals surface area contributed by atoms with E-state index in [-0.39, 0.29) is 10.7 Å². The third kappa shape index (κ3) is 1.46. The highest BCUT2D eigenvalue weighted by molar-refractivity contribution is 6.31. The molecule has 0 aromatic heterocycles. The van der Waals surface area contributed by atoms with Gasteiger partial charge in [0.15, 0.2) is 5.82 Å². The zero-order valence-electron chi connectivity index (χ0n) is 6.20. The fraction of sp³-hybridized carbons (Fsp3) is 0.250. The highest BCUT2D eigenvalue weighted by Crippen LogP contribution is 2.24. The molecule has 0 spiro atoms. The molecule has 11 heavy (non-hydrogen) atoms. The molecule has 60 valence electrons. The van der Waals surface area contributed by atoms with Crippen molar-refractivity contribution in [3.05, 3.63) is 28.5 Å². The zero-order chi connectivity index (χ0) is 8.43. The number of hydrogen-bond donors (Lipinski definition) is 1. The molecule has 3 heteroatoms. The van der Waals surface area contributed by atoms with Gasteiger partial charge in [-0.15, -0.1) is 0 Å². The van der Waals surface area contributed by atoms with Crippen LogP contribution in [0.1, 0.15) is 12.5 Å². The molecule has 1 rings (SSSR count). The lowest BCUT2D eigenvalue weighted by Crippen LogP contribution is -1.94. The molecule has 0 radical (unpaired) electrons. The van der Waals surface area contributed by atoms with Crippen LogP contribution >= 0.6 is 11.6 Å². The molecular formula is C8H9ClFN. The van der Waals surface area contributed by atoms with Gasteiger partial charge in [-0.05, 0) is 18.1 Å². The summed E-state index contributed by atoms with van der Waals surface area (Å²) in [5.74, 6) is -0.508. The van der Waals surface area contributed by atoms with Crippen LogP contribution in [0.4, 0.5) is 10.1 Å². The molecule has 1 aromatic rings. The van der Waals surface area contributed by atoms with Crippen molar-refractivity contribution in [1.29, 1.82) is 0 Å². The van der Waals surface area contributed by atoms with Gasteiger partial charge in [0.1, 0.15) is 0 Å². The summed E-state index contributed by atoms with van der Waals surface area (Å²) in [6.45, 7) is 1.91. The summed E-state index contributed by atoms with van der Waals surface area (Å²) in [6, 6.07) is 3.26. The van der Waals surface area contributed by atoms with Gasteiger partial charge < -0.3 is 5.73 Å². The molecule has 0 bridgehead atoms. The molecule has 2 N–H and O–H groups in total. The van der Waals surface area contributed by atoms with E-state index in [1.54, 1.807) is 6.07 Å². The smallest absolute Gasteiger partial charge is 0.164 e. The summed E-state index contributed by atoms with van der Waals surface area (Å²) in [6.07, 6.45) is 0.718. The van der Waals surface area contributed by atoms with Crippen LogP contribution in [0.15, 0.2) is 12.1 Å². The number of halogens is 2. The van der Waals surface area contributed by atoms with Crippen molar-refractivity contribution in [3.8, 4) is 0 Å². The second-order valence-corrected chi connectivity index (χ2v) is 2.67. The van der Waals surface area contributed by atoms with Crippen molar-refractivity contribution < 1.29 is 4.39 Å². The molecule has 0 amide bonds. The number of anilines is 1. The minimum Gasteiger partial charge on any atom is -0.396 e. The van der Waals surface area contributed by atoms with Gasteiger partial charge >= 0.3 is 0 Å². The van der Waals surface area contributed by atoms with Crippen molar-refractivity contribution in [2.45, 2.75) is 13.3 Å². The molecule has 0 aliphatic carbocycles. The van der Waals surface area contributed by atoms with Crippen molar-refractivity contribution in [3.63, 3.8) is 0 Å². The third-order valence-electron chi connectivity index (χ3n) is 1.57. The Morgan fingerprint density at radius 1 is 1.55 bits per heavy atom. The second kappa shape index (κ2) is 3.09. The molecule has 0 saturated heterocycles. The van der Waals surface area contributed by atoms with Crippen LogP contribution in [-0.2, 0) is 6.42 Å². The highest BCUT2D eigenvalue weighted by atomic mass is 35.5. The Balaban J connectivity index is 3.25. The predicted octanol–water partition coefficient (Wildman–Crippen LogP) is 2.62. The number of hydrogen-bond acceptors (Lipinski definition) is 1. The van der Waals surface area contributed by atoms with Gasteiger partial charge in [-0.1, -0.05) is 24.6 Å². The minimum absolute atomic E-state index is 0.104. The fourth-order valence-corrected chi connectivity index (χ4v) is 1.18. The molecule has 0 fully saturated rings. The van der Waals surface area contributed by atoms with Crippen molar-refractivity contribution in [2.24, 2.45) is 0 Å². The monoisotopic (exact) mass is 173 g/mol. The Bertz CT molecular complexity index is 273. The van der Waals surface area contributed by atoms with E-state index in [9.17, 15) is 4.39 Å². The highest BCUT2D eigenvalue weighted by Gasteiger charge is 2.06. The standard InChI is InChI=1S/C8H9ClFN/c1-2-5-3-4-6(11)8(10)7(5)9/h3-4H,2,11H2,1H3. The first-order valence-electron chi connectivity index (χ1n) is 3.39. The lowest BCUT2D eigenvalue weighted by atomic mass is 10.1. The first-order chi connectivity index (χ1) is 5.16. The average molecular weight is 174 g/mol. The Labute approximate surface area is 70.0 Å². The van der Waals surface area contributed by atoms with Crippen LogP contribution < -0.4 is 5.73 Å². The van der Waals surface area contributed by atoms with Gasteiger partial charge in [0, 0.05) is 0 Å². The summed E-state index contributed by atoms with van der Waals surface area (Å²) in [5.41, 5.74) is 6.18. The van der Waals surface area contributed by atoms with Crippen LogP contribution in [0.5, 0.6) is 0 Å². The maximum absolute atomic E-state index is 12.9. The topological polar surface area (TPSA) is 26.0 Å². The third-order valence-corrected chi connectivity index (χ3v) is 1.98. The number of benzene rings is 1. The van der Waals surface area contributed by atoms with E-state index < -0.39 is 5.82 Å². The number of nitrogen functional groups attached to an aromatic ring is 1. The number of nitrogens with two attached hydrogens (primary N) is 1. The van der Waals surface area contributed by atoms with E-state index in [1.165, 1.54) is 6.07 Å². The lowest BCUT2D eigenvalue weighted by Gasteiger charge is -2.03. The fourth-order valence-electron chi connectivity index (χ4n) is 0.877. The summed E-state index contributed by atoms with van der Waals surface area (Å²) in [4.78, 5) is 0. The SMILES string of the molecule is CCc1ccc(N)c(F)c1Cl. The largest absolute Gasteiger partial charge is 0.396 e. The second-order valence-electron chi connectivity index (χ2n) is 2.30. The first-order valence-corrected chi connectivity index (χ1v) is 3.77. The molecule has 0 atom stereocenters. The summed E-state index contributed by atoms with van der Waals surface area (Å²) in [7, 11) is 0. The summed E-state index contributed by atoms with van der Waals surface area (Å²) in [5, 5.41) is 0.146. The molecule has 0 saturated carbocycles. The van der Waals surface area contributed by atoms with Crippen LogP contribution in [0.3, 0.4) is 0 Å². The van der Waals surface area contributed by atoms with Gasteiger partial charge in [0.2, 0.25) is 0 Å². The molecule has 1 nitrogen and oxygen atoms in total. The van der Waals surface area contributed by atoms with Gasteiger partial charge in [-0.25, -0.2) is 4.39 Å². The molecule has 0 unspecified atom stereocenters. The molecule has 0 aliphatic heterocycles. The zero-order valence-corrected chi connectivity index (χ0v) is 6.95. The predicted molar refractivity (Wildman–Crippen MR) is 45.2 cm³/mol. The summed E-state index contributed by atoms with van der Waals surface area (Å²) >= 11 is 5.64. The first kappa shape index (κ1) is 8.34. The molecule has 0 aliphatic rings. The van der Waals surface area contributed by atoms with E-state index >= 15 is 0 Å². The van der Waals surface area contributed by atoms with Crippen molar-refractivity contribution >= 4 is 17.3 Å². The maximum Gasteiger partial charge on any atom is 0.164 e. The lowest BCUT2D eigenvalue weighted by molar-refractivity contribution is 0.631. The van der Waals surface area contributed by atoms with Crippen molar-refractivity contribution in [2.75, 3.05) is 5.73 Å². The number of rotatable bonds is 1. The van der Waals surface area contributed by atoms with Gasteiger partial charge in [0.05, 0.1) is 10.7 Å². The Kier molecular flexibility index (Phi) is 2.35. The maximum atomic E-state index is 12.9. The van der Waals surface area contributed by atoms with Crippen LogP contribution in [0, 0.1) is 5.82 Å². The van der Waals surface area contributed by atoms with Crippen LogP contribution in [-0.4, -0.2) is 0 Å². The average Bonchev–Trinajstić information content (AvgIpc) is 2.01. The van der Waals surface area contributed by atoms with E-state index in [0.29, 0.717) is 0 Å². The van der Waals surface area contributed by atoms with E-state index in [1.807, 2.05) is 6.92 Å². The van der Waals surface area contributed by atoms with Gasteiger partial charge in [-0.2, -0.15) is 0 Å². The minimum atomic E-state index is -0.508. The number of aryl methyl sites for hydroxylation is 1.